The van der Waals surface area contributed by atoms with Crippen molar-refractivity contribution < 1.29 is 9.90 Å². The average molecular weight is 322 g/mol. The van der Waals surface area contributed by atoms with Crippen LogP contribution < -0.4 is 0 Å². The summed E-state index contributed by atoms with van der Waals surface area (Å²) in [5.41, 5.74) is 0. The van der Waals surface area contributed by atoms with Crippen LogP contribution in [0.3, 0.4) is 0 Å². The molecule has 0 unspecified atom stereocenters. The monoisotopic (exact) mass is 322 g/mol. The Balaban J connectivity index is 1.44. The molecular weight excluding hydrogens is 296 g/mol. The SMILES string of the molecule is O=C(C1CCCCC1)N1CCN(C[C@H](O)c2cccs2)CC1. The van der Waals surface area contributed by atoms with Crippen LogP contribution in [0.5, 0.6) is 0 Å². The summed E-state index contributed by atoms with van der Waals surface area (Å²) < 4.78 is 0. The van der Waals surface area contributed by atoms with E-state index < -0.39 is 6.10 Å². The number of piperazine rings is 1. The standard InChI is InChI=1S/C17H26N2O2S/c20-15(16-7-4-12-22-16)13-18-8-10-19(11-9-18)17(21)14-5-2-1-3-6-14/h4,7,12,14-15,20H,1-3,5-6,8-11,13H2/t15-/m0/s1. The smallest absolute Gasteiger partial charge is 0.225 e. The maximum absolute atomic E-state index is 12.5. The molecule has 0 radical (unpaired) electrons. The third-order valence-corrected chi connectivity index (χ3v) is 5.91. The maximum atomic E-state index is 12.5. The number of carbonyl (C=O) groups is 1. The van der Waals surface area contributed by atoms with Gasteiger partial charge in [-0.3, -0.25) is 9.69 Å². The third-order valence-electron chi connectivity index (χ3n) is 4.94. The number of hydrogen-bond donors (Lipinski definition) is 1. The Labute approximate surface area is 136 Å². The van der Waals surface area contributed by atoms with Crippen LogP contribution in [0, 0.1) is 5.92 Å². The molecule has 3 rings (SSSR count). The van der Waals surface area contributed by atoms with E-state index in [0.29, 0.717) is 12.5 Å². The van der Waals surface area contributed by atoms with E-state index >= 15 is 0 Å². The number of thiophene rings is 1. The predicted octanol–water partition coefficient (Wildman–Crippen LogP) is 2.51. The van der Waals surface area contributed by atoms with Gasteiger partial charge < -0.3 is 10.0 Å². The zero-order chi connectivity index (χ0) is 15.4. The molecule has 4 nitrogen and oxygen atoms in total. The molecule has 122 valence electrons. The molecular formula is C17H26N2O2S. The maximum Gasteiger partial charge on any atom is 0.225 e. The molecule has 0 spiro atoms. The van der Waals surface area contributed by atoms with E-state index in [9.17, 15) is 9.90 Å². The van der Waals surface area contributed by atoms with Crippen LogP contribution in [0.1, 0.15) is 43.1 Å². The van der Waals surface area contributed by atoms with E-state index in [1.54, 1.807) is 11.3 Å². The Morgan fingerprint density at radius 3 is 2.59 bits per heavy atom. The van der Waals surface area contributed by atoms with E-state index in [4.69, 9.17) is 0 Å². The van der Waals surface area contributed by atoms with E-state index in [1.807, 2.05) is 22.4 Å². The molecule has 1 aromatic rings. The van der Waals surface area contributed by atoms with Crippen LogP contribution in [-0.4, -0.2) is 53.5 Å². The molecule has 1 aromatic heterocycles. The first-order valence-corrected chi connectivity index (χ1v) is 9.34. The molecule has 2 aliphatic rings. The molecule has 2 fully saturated rings. The summed E-state index contributed by atoms with van der Waals surface area (Å²) in [6.07, 6.45) is 5.47. The number of rotatable bonds is 4. The van der Waals surface area contributed by atoms with Crippen LogP contribution in [0.15, 0.2) is 17.5 Å². The van der Waals surface area contributed by atoms with Crippen molar-refractivity contribution in [3.05, 3.63) is 22.4 Å². The van der Waals surface area contributed by atoms with E-state index in [-0.39, 0.29) is 5.92 Å². The second kappa shape index (κ2) is 7.57. The molecule has 1 N–H and O–H groups in total. The van der Waals surface area contributed by atoms with Crippen LogP contribution in [-0.2, 0) is 4.79 Å². The van der Waals surface area contributed by atoms with Gasteiger partial charge in [0.15, 0.2) is 0 Å². The summed E-state index contributed by atoms with van der Waals surface area (Å²) in [5.74, 6) is 0.648. The van der Waals surface area contributed by atoms with E-state index in [1.165, 1.54) is 19.3 Å². The van der Waals surface area contributed by atoms with Crippen LogP contribution in [0.4, 0.5) is 0 Å². The normalized spacial score (nSPS) is 22.7. The van der Waals surface area contributed by atoms with Gasteiger partial charge in [0.25, 0.3) is 0 Å². The van der Waals surface area contributed by atoms with Crippen molar-refractivity contribution in [2.75, 3.05) is 32.7 Å². The number of aliphatic hydroxyl groups is 1. The van der Waals surface area contributed by atoms with Gasteiger partial charge in [-0.25, -0.2) is 0 Å². The fourth-order valence-corrected chi connectivity index (χ4v) is 4.28. The first-order chi connectivity index (χ1) is 10.7. The van der Waals surface area contributed by atoms with Gasteiger partial charge in [0.1, 0.15) is 6.10 Å². The van der Waals surface area contributed by atoms with Gasteiger partial charge in [0, 0.05) is 43.5 Å². The Hall–Kier alpha value is -0.910. The Bertz CT molecular complexity index is 463. The Morgan fingerprint density at radius 2 is 1.95 bits per heavy atom. The minimum absolute atomic E-state index is 0.275. The van der Waals surface area contributed by atoms with Gasteiger partial charge in [-0.15, -0.1) is 11.3 Å². The zero-order valence-corrected chi connectivity index (χ0v) is 13.9. The van der Waals surface area contributed by atoms with Crippen molar-refractivity contribution >= 4 is 17.2 Å². The summed E-state index contributed by atoms with van der Waals surface area (Å²) in [6.45, 7) is 4.05. The number of hydrogen-bond acceptors (Lipinski definition) is 4. The average Bonchev–Trinajstić information content (AvgIpc) is 3.10. The minimum Gasteiger partial charge on any atom is -0.386 e. The number of amides is 1. The van der Waals surface area contributed by atoms with Crippen molar-refractivity contribution in [1.29, 1.82) is 0 Å². The highest BCUT2D eigenvalue weighted by Crippen LogP contribution is 2.26. The minimum atomic E-state index is -0.402. The molecule has 1 atom stereocenters. The summed E-state index contributed by atoms with van der Waals surface area (Å²) in [5, 5.41) is 12.2. The van der Waals surface area contributed by atoms with Crippen LogP contribution in [0.25, 0.3) is 0 Å². The summed E-state index contributed by atoms with van der Waals surface area (Å²) in [6, 6.07) is 3.96. The number of β-amino-alcohol motifs (C(OH)–C–C–N with tert-alkyl or cyclic N) is 1. The quantitative estimate of drug-likeness (QED) is 0.926. The lowest BCUT2D eigenvalue weighted by Crippen LogP contribution is -2.51. The highest BCUT2D eigenvalue weighted by atomic mass is 32.1. The van der Waals surface area contributed by atoms with E-state index in [0.717, 1.165) is 43.9 Å². The highest BCUT2D eigenvalue weighted by molar-refractivity contribution is 7.10. The zero-order valence-electron chi connectivity index (χ0n) is 13.1. The molecule has 22 heavy (non-hydrogen) atoms. The summed E-state index contributed by atoms with van der Waals surface area (Å²) in [4.78, 5) is 17.9. The Morgan fingerprint density at radius 1 is 1.23 bits per heavy atom. The van der Waals surface area contributed by atoms with Crippen molar-refractivity contribution in [2.45, 2.75) is 38.2 Å². The fraction of sp³-hybridized carbons (Fsp3) is 0.706. The van der Waals surface area contributed by atoms with Gasteiger partial charge in [-0.1, -0.05) is 25.3 Å². The number of nitrogens with zero attached hydrogens (tertiary/aromatic N) is 2. The largest absolute Gasteiger partial charge is 0.386 e. The molecule has 1 saturated heterocycles. The topological polar surface area (TPSA) is 43.8 Å². The van der Waals surface area contributed by atoms with Crippen molar-refractivity contribution in [1.82, 2.24) is 9.80 Å². The molecule has 1 amide bonds. The molecule has 1 saturated carbocycles. The van der Waals surface area contributed by atoms with Gasteiger partial charge in [0.05, 0.1) is 0 Å². The lowest BCUT2D eigenvalue weighted by molar-refractivity contribution is -0.138. The van der Waals surface area contributed by atoms with Crippen LogP contribution >= 0.6 is 11.3 Å². The molecule has 5 heteroatoms. The van der Waals surface area contributed by atoms with E-state index in [2.05, 4.69) is 4.90 Å². The molecule has 2 heterocycles. The third kappa shape index (κ3) is 3.89. The number of aliphatic hydroxyl groups excluding tert-OH is 1. The van der Waals surface area contributed by atoms with Gasteiger partial charge in [0.2, 0.25) is 5.91 Å². The summed E-state index contributed by atoms with van der Waals surface area (Å²) >= 11 is 1.60. The molecule has 1 aliphatic heterocycles. The highest BCUT2D eigenvalue weighted by Gasteiger charge is 2.28. The van der Waals surface area contributed by atoms with Gasteiger partial charge >= 0.3 is 0 Å². The molecule has 0 bridgehead atoms. The number of carbonyl (C=O) groups excluding carboxylic acids is 1. The summed E-state index contributed by atoms with van der Waals surface area (Å²) in [7, 11) is 0. The molecule has 1 aliphatic carbocycles. The lowest BCUT2D eigenvalue weighted by atomic mass is 9.88. The second-order valence-electron chi connectivity index (χ2n) is 6.49. The predicted molar refractivity (Wildman–Crippen MR) is 88.9 cm³/mol. The Kier molecular flexibility index (Phi) is 5.50. The van der Waals surface area contributed by atoms with Crippen molar-refractivity contribution in [3.63, 3.8) is 0 Å². The van der Waals surface area contributed by atoms with Crippen molar-refractivity contribution in [3.8, 4) is 0 Å². The van der Waals surface area contributed by atoms with Gasteiger partial charge in [-0.2, -0.15) is 0 Å². The first-order valence-electron chi connectivity index (χ1n) is 8.46. The van der Waals surface area contributed by atoms with Crippen LogP contribution in [0.2, 0.25) is 0 Å². The van der Waals surface area contributed by atoms with Crippen molar-refractivity contribution in [2.24, 2.45) is 5.92 Å². The fourth-order valence-electron chi connectivity index (χ4n) is 3.57. The molecule has 0 aromatic carbocycles. The lowest BCUT2D eigenvalue weighted by Gasteiger charge is -2.37. The van der Waals surface area contributed by atoms with Gasteiger partial charge in [-0.05, 0) is 24.3 Å². The second-order valence-corrected chi connectivity index (χ2v) is 7.47. The first kappa shape index (κ1) is 16.0.